The van der Waals surface area contributed by atoms with Crippen molar-refractivity contribution in [2.45, 2.75) is 43.9 Å². The first-order valence-corrected chi connectivity index (χ1v) is 12.6. The summed E-state index contributed by atoms with van der Waals surface area (Å²) in [5, 5.41) is 14.0. The van der Waals surface area contributed by atoms with Crippen LogP contribution in [0.25, 0.3) is 0 Å². The Morgan fingerprint density at radius 3 is 2.46 bits per heavy atom. The third-order valence-electron chi connectivity index (χ3n) is 6.20. The maximum atomic E-state index is 13.7. The molecule has 0 aromatic heterocycles. The number of aliphatic hydroxyl groups is 1. The van der Waals surface area contributed by atoms with Gasteiger partial charge in [-0.3, -0.25) is 14.4 Å². The molecule has 11 heteroatoms. The molecule has 2 aromatic carbocycles. The van der Waals surface area contributed by atoms with E-state index in [0.29, 0.717) is 5.56 Å². The van der Waals surface area contributed by atoms with Crippen LogP contribution in [-0.2, 0) is 28.5 Å². The molecule has 2 fully saturated rings. The molecule has 2 aliphatic heterocycles. The number of Topliss-reactive ketones (excluding diaryl/α,β-unsaturated/α-hetero) is 1. The van der Waals surface area contributed by atoms with E-state index in [4.69, 9.17) is 18.9 Å². The summed E-state index contributed by atoms with van der Waals surface area (Å²) in [4.78, 5) is 39.0. The van der Waals surface area contributed by atoms with Crippen LogP contribution >= 0.6 is 15.9 Å². The quantitative estimate of drug-likeness (QED) is 0.487. The Labute approximate surface area is 222 Å². The maximum Gasteiger partial charge on any atom is 0.254 e. The first-order valence-electron chi connectivity index (χ1n) is 11.8. The average molecular weight is 577 g/mol. The maximum absolute atomic E-state index is 13.7. The van der Waals surface area contributed by atoms with Gasteiger partial charge in [0.15, 0.2) is 12.6 Å². The van der Waals surface area contributed by atoms with Crippen LogP contribution in [-0.4, -0.2) is 85.1 Å². The van der Waals surface area contributed by atoms with E-state index in [9.17, 15) is 19.5 Å². The standard InChI is InChI=1S/C26H29BrN2O8/c1-15(30)12-28-20(31)13-29(24(33)16-8-10-18(27)11-9-16)21-22(32)23-19(36-26(21)34-2)14-35-25(37-23)17-6-4-3-5-7-17/h3-11,19,21-23,25-26,32H,12-14H2,1-2H3,(H,28,31). The Balaban J connectivity index is 1.63. The highest BCUT2D eigenvalue weighted by Gasteiger charge is 2.52. The lowest BCUT2D eigenvalue weighted by molar-refractivity contribution is -0.347. The highest BCUT2D eigenvalue weighted by molar-refractivity contribution is 9.10. The molecule has 0 bridgehead atoms. The molecule has 6 unspecified atom stereocenters. The van der Waals surface area contributed by atoms with Gasteiger partial charge >= 0.3 is 0 Å². The Hall–Kier alpha value is -2.67. The van der Waals surface area contributed by atoms with E-state index in [0.717, 1.165) is 10.0 Å². The first kappa shape index (κ1) is 27.4. The number of fused-ring (bicyclic) bond motifs is 1. The summed E-state index contributed by atoms with van der Waals surface area (Å²) in [6, 6.07) is 14.8. The van der Waals surface area contributed by atoms with E-state index in [1.54, 1.807) is 24.3 Å². The smallest absolute Gasteiger partial charge is 0.254 e. The van der Waals surface area contributed by atoms with Gasteiger partial charge < -0.3 is 34.3 Å². The minimum Gasteiger partial charge on any atom is -0.388 e. The molecule has 198 valence electrons. The first-order chi connectivity index (χ1) is 17.8. The predicted molar refractivity (Wildman–Crippen MR) is 134 cm³/mol. The number of benzene rings is 2. The number of amides is 2. The highest BCUT2D eigenvalue weighted by Crippen LogP contribution is 2.36. The minimum absolute atomic E-state index is 0.133. The van der Waals surface area contributed by atoms with Gasteiger partial charge in [0.25, 0.3) is 5.91 Å². The lowest BCUT2D eigenvalue weighted by Gasteiger charge is -2.50. The number of carbonyl (C=O) groups excluding carboxylic acids is 3. The van der Waals surface area contributed by atoms with E-state index in [1.165, 1.54) is 18.9 Å². The van der Waals surface area contributed by atoms with Gasteiger partial charge in [-0.2, -0.15) is 0 Å². The molecule has 0 spiro atoms. The van der Waals surface area contributed by atoms with Gasteiger partial charge in [-0.05, 0) is 31.2 Å². The second-order valence-corrected chi connectivity index (χ2v) is 9.77. The predicted octanol–water partition coefficient (Wildman–Crippen LogP) is 1.81. The number of hydrogen-bond acceptors (Lipinski definition) is 8. The molecule has 0 aliphatic carbocycles. The molecule has 2 aromatic rings. The lowest BCUT2D eigenvalue weighted by Crippen LogP contribution is -2.68. The molecule has 37 heavy (non-hydrogen) atoms. The van der Waals surface area contributed by atoms with Crippen molar-refractivity contribution in [3.63, 3.8) is 0 Å². The number of nitrogens with zero attached hydrogens (tertiary/aromatic N) is 1. The number of nitrogens with one attached hydrogen (secondary N) is 1. The molecule has 2 saturated heterocycles. The number of aliphatic hydroxyl groups excluding tert-OH is 1. The zero-order valence-corrected chi connectivity index (χ0v) is 22.0. The summed E-state index contributed by atoms with van der Waals surface area (Å²) in [6.07, 6.45) is -4.62. The molecule has 2 aliphatic rings. The molecule has 4 rings (SSSR count). The van der Waals surface area contributed by atoms with Gasteiger partial charge in [0.05, 0.1) is 13.2 Å². The van der Waals surface area contributed by atoms with Gasteiger partial charge in [-0.1, -0.05) is 46.3 Å². The monoisotopic (exact) mass is 576 g/mol. The average Bonchev–Trinajstić information content (AvgIpc) is 2.91. The van der Waals surface area contributed by atoms with Gasteiger partial charge in [0, 0.05) is 22.7 Å². The van der Waals surface area contributed by atoms with Gasteiger partial charge in [-0.25, -0.2) is 0 Å². The number of halogens is 1. The number of carbonyl (C=O) groups is 3. The van der Waals surface area contributed by atoms with Crippen LogP contribution < -0.4 is 5.32 Å². The van der Waals surface area contributed by atoms with Gasteiger partial charge in [-0.15, -0.1) is 0 Å². The molecule has 2 N–H and O–H groups in total. The molecule has 6 atom stereocenters. The summed E-state index contributed by atoms with van der Waals surface area (Å²) in [6.45, 7) is 0.855. The van der Waals surface area contributed by atoms with Crippen molar-refractivity contribution in [1.29, 1.82) is 0 Å². The molecular weight excluding hydrogens is 548 g/mol. The van der Waals surface area contributed by atoms with E-state index >= 15 is 0 Å². The molecule has 2 amide bonds. The number of ether oxygens (including phenoxy) is 4. The summed E-state index contributed by atoms with van der Waals surface area (Å²) in [5.74, 6) is -1.33. The topological polar surface area (TPSA) is 124 Å². The van der Waals surface area contributed by atoms with Crippen LogP contribution in [0.4, 0.5) is 0 Å². The molecule has 10 nitrogen and oxygen atoms in total. The Kier molecular flexibility index (Phi) is 9.06. The van der Waals surface area contributed by atoms with Crippen molar-refractivity contribution in [3.05, 3.63) is 70.2 Å². The van der Waals surface area contributed by atoms with E-state index in [2.05, 4.69) is 21.2 Å². The number of methoxy groups -OCH3 is 1. The largest absolute Gasteiger partial charge is 0.388 e. The van der Waals surface area contributed by atoms with E-state index < -0.39 is 55.3 Å². The van der Waals surface area contributed by atoms with Crippen molar-refractivity contribution in [2.24, 2.45) is 0 Å². The summed E-state index contributed by atoms with van der Waals surface area (Å²) in [5.41, 5.74) is 1.06. The third-order valence-corrected chi connectivity index (χ3v) is 6.73. The molecular formula is C26H29BrN2O8. The van der Waals surface area contributed by atoms with Crippen molar-refractivity contribution in [3.8, 4) is 0 Å². The van der Waals surface area contributed by atoms with E-state index in [1.807, 2.05) is 30.3 Å². The van der Waals surface area contributed by atoms with E-state index in [-0.39, 0.29) is 18.9 Å². The fraction of sp³-hybridized carbons (Fsp3) is 0.423. The minimum atomic E-state index is -1.28. The van der Waals surface area contributed by atoms with Crippen LogP contribution in [0.1, 0.15) is 29.1 Å². The summed E-state index contributed by atoms with van der Waals surface area (Å²) < 4.78 is 24.3. The van der Waals surface area contributed by atoms with Crippen LogP contribution in [0.3, 0.4) is 0 Å². The van der Waals surface area contributed by atoms with Gasteiger partial charge in [0.1, 0.15) is 36.7 Å². The molecule has 2 heterocycles. The van der Waals surface area contributed by atoms with Crippen LogP contribution in [0.2, 0.25) is 0 Å². The van der Waals surface area contributed by atoms with Gasteiger partial charge in [0.2, 0.25) is 5.91 Å². The highest BCUT2D eigenvalue weighted by atomic mass is 79.9. The van der Waals surface area contributed by atoms with Crippen molar-refractivity contribution in [1.82, 2.24) is 10.2 Å². The van der Waals surface area contributed by atoms with Crippen LogP contribution in [0, 0.1) is 0 Å². The SMILES string of the molecule is COC1OC2COC(c3ccccc3)OC2C(O)C1N(CC(=O)NCC(C)=O)C(=O)c1ccc(Br)cc1. The number of rotatable bonds is 8. The Morgan fingerprint density at radius 2 is 1.81 bits per heavy atom. The second kappa shape index (κ2) is 12.2. The lowest BCUT2D eigenvalue weighted by atomic mass is 9.93. The fourth-order valence-electron chi connectivity index (χ4n) is 4.39. The number of ketones is 1. The number of hydrogen-bond donors (Lipinski definition) is 2. The summed E-state index contributed by atoms with van der Waals surface area (Å²) >= 11 is 3.35. The summed E-state index contributed by atoms with van der Waals surface area (Å²) in [7, 11) is 1.39. The Bertz CT molecular complexity index is 1100. The van der Waals surface area contributed by atoms with Crippen LogP contribution in [0.15, 0.2) is 59.1 Å². The molecule has 0 saturated carbocycles. The van der Waals surface area contributed by atoms with Crippen molar-refractivity contribution < 1.29 is 38.4 Å². The van der Waals surface area contributed by atoms with Crippen LogP contribution in [0.5, 0.6) is 0 Å². The fourth-order valence-corrected chi connectivity index (χ4v) is 4.65. The van der Waals surface area contributed by atoms with Crippen molar-refractivity contribution in [2.75, 3.05) is 26.8 Å². The van der Waals surface area contributed by atoms with Crippen molar-refractivity contribution >= 4 is 33.5 Å². The molecule has 0 radical (unpaired) electrons. The second-order valence-electron chi connectivity index (χ2n) is 8.86. The zero-order chi connectivity index (χ0) is 26.5. The zero-order valence-electron chi connectivity index (χ0n) is 20.4. The third kappa shape index (κ3) is 6.43. The Morgan fingerprint density at radius 1 is 1.11 bits per heavy atom. The normalized spacial score (nSPS) is 27.1.